The number of piperidine rings is 1. The molecule has 88 valence electrons. The molecule has 2 heteroatoms. The van der Waals surface area contributed by atoms with Crippen LogP contribution < -0.4 is 4.74 Å². The lowest BCUT2D eigenvalue weighted by Gasteiger charge is -2.35. The Morgan fingerprint density at radius 2 is 2.00 bits per heavy atom. The van der Waals surface area contributed by atoms with Crippen LogP contribution >= 0.6 is 0 Å². The molecule has 1 atom stereocenters. The first-order valence-electron chi connectivity index (χ1n) is 6.21. The fourth-order valence-corrected chi connectivity index (χ4v) is 2.22. The first-order chi connectivity index (χ1) is 7.75. The van der Waals surface area contributed by atoms with Gasteiger partial charge in [0.1, 0.15) is 11.9 Å². The summed E-state index contributed by atoms with van der Waals surface area (Å²) >= 11 is 0. The highest BCUT2D eigenvalue weighted by Crippen LogP contribution is 2.19. The summed E-state index contributed by atoms with van der Waals surface area (Å²) in [5.41, 5.74) is 0. The van der Waals surface area contributed by atoms with Gasteiger partial charge in [-0.1, -0.05) is 18.2 Å². The van der Waals surface area contributed by atoms with E-state index in [2.05, 4.69) is 18.7 Å². The lowest BCUT2D eigenvalue weighted by Crippen LogP contribution is -2.44. The minimum Gasteiger partial charge on any atom is -0.489 e. The summed E-state index contributed by atoms with van der Waals surface area (Å²) in [5, 5.41) is 0. The van der Waals surface area contributed by atoms with Crippen LogP contribution in [-0.2, 0) is 0 Å². The van der Waals surface area contributed by atoms with Gasteiger partial charge in [0.15, 0.2) is 0 Å². The van der Waals surface area contributed by atoms with Crippen LogP contribution in [0.1, 0.15) is 26.7 Å². The Kier molecular flexibility index (Phi) is 3.83. The van der Waals surface area contributed by atoms with E-state index in [-0.39, 0.29) is 0 Å². The molecule has 1 aromatic carbocycles. The minimum atomic E-state index is 0.360. The third-order valence-corrected chi connectivity index (χ3v) is 3.19. The molecule has 0 amide bonds. The van der Waals surface area contributed by atoms with Crippen molar-refractivity contribution in [2.24, 2.45) is 0 Å². The molecule has 0 saturated carbocycles. The molecule has 1 saturated heterocycles. The fourth-order valence-electron chi connectivity index (χ4n) is 2.22. The van der Waals surface area contributed by atoms with Crippen molar-refractivity contribution in [3.8, 4) is 5.75 Å². The third kappa shape index (κ3) is 2.99. The zero-order chi connectivity index (χ0) is 11.4. The topological polar surface area (TPSA) is 12.5 Å². The van der Waals surface area contributed by atoms with Gasteiger partial charge in [0, 0.05) is 12.6 Å². The van der Waals surface area contributed by atoms with Gasteiger partial charge in [-0.15, -0.1) is 0 Å². The SMILES string of the molecule is CC(C)N1CCCC(Oc2ccccc2)C1. The van der Waals surface area contributed by atoms with Gasteiger partial charge in [-0.2, -0.15) is 0 Å². The van der Waals surface area contributed by atoms with E-state index in [1.807, 2.05) is 30.3 Å². The summed E-state index contributed by atoms with van der Waals surface area (Å²) in [6.45, 7) is 6.79. The molecule has 2 nitrogen and oxygen atoms in total. The number of para-hydroxylation sites is 1. The summed E-state index contributed by atoms with van der Waals surface area (Å²) in [6, 6.07) is 10.8. The van der Waals surface area contributed by atoms with Gasteiger partial charge in [-0.05, 0) is 45.4 Å². The second-order valence-corrected chi connectivity index (χ2v) is 4.78. The van der Waals surface area contributed by atoms with E-state index in [1.54, 1.807) is 0 Å². The molecule has 0 radical (unpaired) electrons. The second kappa shape index (κ2) is 5.35. The second-order valence-electron chi connectivity index (χ2n) is 4.78. The van der Waals surface area contributed by atoms with Crippen molar-refractivity contribution in [2.75, 3.05) is 13.1 Å². The van der Waals surface area contributed by atoms with Gasteiger partial charge < -0.3 is 4.74 Å². The molecule has 2 rings (SSSR count). The Hall–Kier alpha value is -1.02. The molecule has 1 aliphatic heterocycles. The Bertz CT molecular complexity index is 310. The van der Waals surface area contributed by atoms with Crippen molar-refractivity contribution in [1.82, 2.24) is 4.90 Å². The van der Waals surface area contributed by atoms with Gasteiger partial charge in [-0.3, -0.25) is 4.90 Å². The van der Waals surface area contributed by atoms with Crippen LogP contribution in [0.3, 0.4) is 0 Å². The molecule has 0 bridgehead atoms. The Morgan fingerprint density at radius 1 is 1.25 bits per heavy atom. The summed E-state index contributed by atoms with van der Waals surface area (Å²) < 4.78 is 5.99. The third-order valence-electron chi connectivity index (χ3n) is 3.19. The van der Waals surface area contributed by atoms with Crippen LogP contribution in [0.5, 0.6) is 5.75 Å². The quantitative estimate of drug-likeness (QED) is 0.775. The van der Waals surface area contributed by atoms with Gasteiger partial charge >= 0.3 is 0 Å². The summed E-state index contributed by atoms with van der Waals surface area (Å²) in [6.07, 6.45) is 2.78. The maximum atomic E-state index is 5.99. The lowest BCUT2D eigenvalue weighted by molar-refractivity contribution is 0.0707. The van der Waals surface area contributed by atoms with Gasteiger partial charge in [-0.25, -0.2) is 0 Å². The number of benzene rings is 1. The van der Waals surface area contributed by atoms with Crippen LogP contribution in [0, 0.1) is 0 Å². The largest absolute Gasteiger partial charge is 0.489 e. The minimum absolute atomic E-state index is 0.360. The number of ether oxygens (including phenoxy) is 1. The van der Waals surface area contributed by atoms with Gasteiger partial charge in [0.25, 0.3) is 0 Å². The average Bonchev–Trinajstić information content (AvgIpc) is 2.30. The predicted octanol–water partition coefficient (Wildman–Crippen LogP) is 2.94. The molecule has 1 heterocycles. The van der Waals surface area contributed by atoms with E-state index >= 15 is 0 Å². The molecule has 0 N–H and O–H groups in total. The molecular formula is C14H21NO. The predicted molar refractivity (Wildman–Crippen MR) is 66.8 cm³/mol. The molecule has 0 spiro atoms. The first-order valence-corrected chi connectivity index (χ1v) is 6.21. The highest BCUT2D eigenvalue weighted by molar-refractivity contribution is 5.21. The van der Waals surface area contributed by atoms with E-state index in [9.17, 15) is 0 Å². The molecular weight excluding hydrogens is 198 g/mol. The number of rotatable bonds is 3. The van der Waals surface area contributed by atoms with Crippen LogP contribution in [0.25, 0.3) is 0 Å². The van der Waals surface area contributed by atoms with Crippen LogP contribution in [-0.4, -0.2) is 30.1 Å². The van der Waals surface area contributed by atoms with Crippen molar-refractivity contribution in [3.05, 3.63) is 30.3 Å². The summed E-state index contributed by atoms with van der Waals surface area (Å²) in [4.78, 5) is 2.50. The zero-order valence-corrected chi connectivity index (χ0v) is 10.2. The number of hydrogen-bond acceptors (Lipinski definition) is 2. The molecule has 0 aromatic heterocycles. The molecule has 1 unspecified atom stereocenters. The van der Waals surface area contributed by atoms with E-state index < -0.39 is 0 Å². The van der Waals surface area contributed by atoms with E-state index in [0.29, 0.717) is 12.1 Å². The molecule has 0 aliphatic carbocycles. The maximum Gasteiger partial charge on any atom is 0.119 e. The van der Waals surface area contributed by atoms with Crippen LogP contribution in [0.2, 0.25) is 0 Å². The molecule has 1 aromatic rings. The van der Waals surface area contributed by atoms with E-state index in [0.717, 1.165) is 12.3 Å². The van der Waals surface area contributed by atoms with Crippen molar-refractivity contribution in [2.45, 2.75) is 38.8 Å². The Morgan fingerprint density at radius 3 is 2.69 bits per heavy atom. The maximum absolute atomic E-state index is 5.99. The average molecular weight is 219 g/mol. The monoisotopic (exact) mass is 219 g/mol. The van der Waals surface area contributed by atoms with Crippen molar-refractivity contribution < 1.29 is 4.74 Å². The van der Waals surface area contributed by atoms with E-state index in [1.165, 1.54) is 19.4 Å². The Balaban J connectivity index is 1.90. The zero-order valence-electron chi connectivity index (χ0n) is 10.2. The van der Waals surface area contributed by atoms with Crippen LogP contribution in [0.4, 0.5) is 0 Å². The molecule has 1 fully saturated rings. The molecule has 16 heavy (non-hydrogen) atoms. The van der Waals surface area contributed by atoms with E-state index in [4.69, 9.17) is 4.74 Å². The van der Waals surface area contributed by atoms with Crippen molar-refractivity contribution in [3.63, 3.8) is 0 Å². The van der Waals surface area contributed by atoms with Gasteiger partial charge in [0.2, 0.25) is 0 Å². The fraction of sp³-hybridized carbons (Fsp3) is 0.571. The van der Waals surface area contributed by atoms with Gasteiger partial charge in [0.05, 0.1) is 0 Å². The van der Waals surface area contributed by atoms with Crippen molar-refractivity contribution in [1.29, 1.82) is 0 Å². The Labute approximate surface area is 98.2 Å². The van der Waals surface area contributed by atoms with Crippen molar-refractivity contribution >= 4 is 0 Å². The summed E-state index contributed by atoms with van der Waals surface area (Å²) in [7, 11) is 0. The number of likely N-dealkylation sites (tertiary alicyclic amines) is 1. The summed E-state index contributed by atoms with van der Waals surface area (Å²) in [5.74, 6) is 0.998. The number of nitrogens with zero attached hydrogens (tertiary/aromatic N) is 1. The highest BCUT2D eigenvalue weighted by Gasteiger charge is 2.22. The lowest BCUT2D eigenvalue weighted by atomic mass is 10.1. The highest BCUT2D eigenvalue weighted by atomic mass is 16.5. The normalized spacial score (nSPS) is 22.3. The smallest absolute Gasteiger partial charge is 0.119 e. The first kappa shape index (κ1) is 11.5. The number of hydrogen-bond donors (Lipinski definition) is 0. The molecule has 1 aliphatic rings. The standard InChI is InChI=1S/C14H21NO/c1-12(2)15-10-6-9-14(11-15)16-13-7-4-3-5-8-13/h3-5,7-8,12,14H,6,9-11H2,1-2H3. The van der Waals surface area contributed by atoms with Crippen LogP contribution in [0.15, 0.2) is 30.3 Å².